The van der Waals surface area contributed by atoms with Gasteiger partial charge in [-0.15, -0.1) is 0 Å². The second-order valence-corrected chi connectivity index (χ2v) is 11.1. The fraction of sp³-hybridized carbons (Fsp3) is 0.324. The second kappa shape index (κ2) is 12.5. The van der Waals surface area contributed by atoms with Gasteiger partial charge in [0.15, 0.2) is 5.78 Å². The third-order valence-electron chi connectivity index (χ3n) is 7.35. The van der Waals surface area contributed by atoms with E-state index in [-0.39, 0.29) is 18.3 Å². The SMILES string of the molecule is C=CC(=O)Cc1cc(-c2c(-c3ccc(N(C)CCN(C)C)cc3)[nH]c3ncc(C(=O)OC(C)C)c(C)c23)ccc1C. The van der Waals surface area contributed by atoms with Crippen LogP contribution in [-0.4, -0.2) is 67.0 Å². The van der Waals surface area contributed by atoms with Crippen molar-refractivity contribution in [2.24, 2.45) is 0 Å². The van der Waals surface area contributed by atoms with Gasteiger partial charge < -0.3 is 19.5 Å². The molecule has 2 aromatic heterocycles. The minimum atomic E-state index is -0.396. The molecule has 0 atom stereocenters. The van der Waals surface area contributed by atoms with Gasteiger partial charge in [-0.25, -0.2) is 9.78 Å². The molecule has 41 heavy (non-hydrogen) atoms. The summed E-state index contributed by atoms with van der Waals surface area (Å²) in [7, 11) is 6.24. The summed E-state index contributed by atoms with van der Waals surface area (Å²) < 4.78 is 5.52. The van der Waals surface area contributed by atoms with Crippen LogP contribution in [0.2, 0.25) is 0 Å². The van der Waals surface area contributed by atoms with Crippen LogP contribution in [0.15, 0.2) is 61.3 Å². The number of nitrogens with zero attached hydrogens (tertiary/aromatic N) is 3. The van der Waals surface area contributed by atoms with Gasteiger partial charge in [-0.05, 0) is 87.8 Å². The molecule has 2 heterocycles. The standard InChI is InChI=1S/C34H40N4O3/c1-9-28(39)19-26-18-25(11-10-22(26)4)31-30-23(5)29(34(40)41-21(2)3)20-35-33(30)36-32(31)24-12-14-27(15-13-24)38(8)17-16-37(6)7/h9-15,18,20-21H,1,16-17,19H2,2-8H3,(H,35,36). The number of hydrogen-bond donors (Lipinski definition) is 1. The smallest absolute Gasteiger partial charge is 0.340 e. The summed E-state index contributed by atoms with van der Waals surface area (Å²) in [5.41, 5.74) is 8.79. The molecule has 2 aromatic carbocycles. The van der Waals surface area contributed by atoms with Crippen LogP contribution in [0, 0.1) is 13.8 Å². The molecular weight excluding hydrogens is 512 g/mol. The van der Waals surface area contributed by atoms with Crippen molar-refractivity contribution >= 4 is 28.5 Å². The maximum absolute atomic E-state index is 13.0. The number of ketones is 1. The van der Waals surface area contributed by atoms with Crippen LogP contribution >= 0.6 is 0 Å². The molecule has 0 aliphatic carbocycles. The third kappa shape index (κ3) is 6.57. The number of esters is 1. The van der Waals surface area contributed by atoms with E-state index in [9.17, 15) is 9.59 Å². The van der Waals surface area contributed by atoms with Crippen molar-refractivity contribution in [2.75, 3.05) is 39.1 Å². The Morgan fingerprint density at radius 3 is 2.34 bits per heavy atom. The number of nitrogens with one attached hydrogen (secondary N) is 1. The van der Waals surface area contributed by atoms with Gasteiger partial charge in [0.05, 0.1) is 17.4 Å². The number of likely N-dealkylation sites (N-methyl/N-ethyl adjacent to an activating group) is 2. The lowest BCUT2D eigenvalue weighted by atomic mass is 9.92. The molecule has 7 nitrogen and oxygen atoms in total. The van der Waals surface area contributed by atoms with Gasteiger partial charge in [-0.2, -0.15) is 0 Å². The lowest BCUT2D eigenvalue weighted by Gasteiger charge is -2.21. The van der Waals surface area contributed by atoms with Crippen LogP contribution in [0.1, 0.15) is 40.9 Å². The van der Waals surface area contributed by atoms with Gasteiger partial charge >= 0.3 is 5.97 Å². The van der Waals surface area contributed by atoms with Gasteiger partial charge in [0, 0.05) is 49.4 Å². The van der Waals surface area contributed by atoms with E-state index in [4.69, 9.17) is 4.74 Å². The van der Waals surface area contributed by atoms with Gasteiger partial charge in [0.25, 0.3) is 0 Å². The summed E-state index contributed by atoms with van der Waals surface area (Å²) in [6.45, 7) is 13.1. The molecule has 0 spiro atoms. The summed E-state index contributed by atoms with van der Waals surface area (Å²) in [5, 5.41) is 0.857. The highest BCUT2D eigenvalue weighted by Gasteiger charge is 2.23. The number of H-pyrrole nitrogens is 1. The van der Waals surface area contributed by atoms with Crippen molar-refractivity contribution in [3.05, 3.63) is 83.6 Å². The first kappa shape index (κ1) is 29.7. The number of carbonyl (C=O) groups is 2. The molecule has 4 rings (SSSR count). The lowest BCUT2D eigenvalue weighted by Crippen LogP contribution is -2.28. The number of rotatable bonds is 11. The summed E-state index contributed by atoms with van der Waals surface area (Å²) >= 11 is 0. The lowest BCUT2D eigenvalue weighted by molar-refractivity contribution is -0.114. The van der Waals surface area contributed by atoms with Crippen molar-refractivity contribution in [1.29, 1.82) is 0 Å². The predicted molar refractivity (Wildman–Crippen MR) is 168 cm³/mol. The van der Waals surface area contributed by atoms with Gasteiger partial charge in [-0.1, -0.05) is 36.9 Å². The van der Waals surface area contributed by atoms with Crippen molar-refractivity contribution in [2.45, 2.75) is 40.2 Å². The van der Waals surface area contributed by atoms with Crippen molar-refractivity contribution < 1.29 is 14.3 Å². The molecule has 0 saturated carbocycles. The molecule has 0 unspecified atom stereocenters. The van der Waals surface area contributed by atoms with E-state index < -0.39 is 5.97 Å². The first-order valence-electron chi connectivity index (χ1n) is 13.9. The van der Waals surface area contributed by atoms with Crippen LogP contribution in [0.4, 0.5) is 5.69 Å². The Labute approximate surface area is 242 Å². The number of aromatic nitrogens is 2. The zero-order valence-corrected chi connectivity index (χ0v) is 25.2. The molecule has 0 saturated heterocycles. The van der Waals surface area contributed by atoms with Crippen molar-refractivity contribution in [1.82, 2.24) is 14.9 Å². The molecule has 0 amide bonds. The molecule has 0 aliphatic rings. The number of ether oxygens (including phenoxy) is 1. The van der Waals surface area contributed by atoms with Crippen LogP contribution in [0.5, 0.6) is 0 Å². The van der Waals surface area contributed by atoms with E-state index >= 15 is 0 Å². The fourth-order valence-electron chi connectivity index (χ4n) is 4.94. The van der Waals surface area contributed by atoms with Gasteiger partial charge in [0.2, 0.25) is 0 Å². The molecule has 0 aliphatic heterocycles. The third-order valence-corrected chi connectivity index (χ3v) is 7.35. The van der Waals surface area contributed by atoms with Gasteiger partial charge in [0.1, 0.15) is 5.65 Å². The maximum Gasteiger partial charge on any atom is 0.340 e. The number of aryl methyl sites for hydroxylation is 2. The Balaban J connectivity index is 1.90. The molecule has 1 N–H and O–H groups in total. The topological polar surface area (TPSA) is 78.5 Å². The Hall–Kier alpha value is -4.23. The van der Waals surface area contributed by atoms with Crippen LogP contribution in [-0.2, 0) is 16.0 Å². The monoisotopic (exact) mass is 552 g/mol. The number of anilines is 1. The highest BCUT2D eigenvalue weighted by Crippen LogP contribution is 2.41. The summed E-state index contributed by atoms with van der Waals surface area (Å²) in [5.74, 6) is -0.429. The van der Waals surface area contributed by atoms with Crippen LogP contribution in [0.25, 0.3) is 33.4 Å². The summed E-state index contributed by atoms with van der Waals surface area (Å²) in [6, 6.07) is 14.6. The Kier molecular flexibility index (Phi) is 9.08. The maximum atomic E-state index is 13.0. The first-order valence-corrected chi connectivity index (χ1v) is 13.9. The zero-order chi connectivity index (χ0) is 29.8. The largest absolute Gasteiger partial charge is 0.459 e. The van der Waals surface area contributed by atoms with E-state index in [0.29, 0.717) is 11.2 Å². The van der Waals surface area contributed by atoms with E-state index in [0.717, 1.165) is 63.2 Å². The second-order valence-electron chi connectivity index (χ2n) is 11.1. The first-order chi connectivity index (χ1) is 19.5. The van der Waals surface area contributed by atoms with Crippen molar-refractivity contribution in [3.8, 4) is 22.4 Å². The molecule has 7 heteroatoms. The normalized spacial score (nSPS) is 11.3. The van der Waals surface area contributed by atoms with E-state index in [1.54, 1.807) is 6.20 Å². The summed E-state index contributed by atoms with van der Waals surface area (Å²) in [4.78, 5) is 37.8. The molecule has 214 valence electrons. The zero-order valence-electron chi connectivity index (χ0n) is 25.2. The Morgan fingerprint density at radius 1 is 1.02 bits per heavy atom. The molecule has 4 aromatic rings. The van der Waals surface area contributed by atoms with E-state index in [1.807, 2.05) is 33.8 Å². The Bertz CT molecular complexity index is 1580. The number of hydrogen-bond acceptors (Lipinski definition) is 6. The van der Waals surface area contributed by atoms with E-state index in [1.165, 1.54) is 6.08 Å². The fourth-order valence-corrected chi connectivity index (χ4v) is 4.94. The predicted octanol–water partition coefficient (Wildman–Crippen LogP) is 6.37. The minimum absolute atomic E-state index is 0.0325. The minimum Gasteiger partial charge on any atom is -0.459 e. The number of benzene rings is 2. The molecule has 0 fully saturated rings. The number of fused-ring (bicyclic) bond motifs is 1. The average molecular weight is 553 g/mol. The number of allylic oxidation sites excluding steroid dienone is 1. The van der Waals surface area contributed by atoms with Crippen molar-refractivity contribution in [3.63, 3.8) is 0 Å². The quantitative estimate of drug-likeness (QED) is 0.172. The Morgan fingerprint density at radius 2 is 1.71 bits per heavy atom. The van der Waals surface area contributed by atoms with Crippen LogP contribution < -0.4 is 4.90 Å². The summed E-state index contributed by atoms with van der Waals surface area (Å²) in [6.07, 6.45) is 2.98. The highest BCUT2D eigenvalue weighted by atomic mass is 16.5. The van der Waals surface area contributed by atoms with Crippen LogP contribution in [0.3, 0.4) is 0 Å². The molecule has 0 bridgehead atoms. The number of aromatic amines is 1. The number of carbonyl (C=O) groups excluding carboxylic acids is 2. The average Bonchev–Trinajstić information content (AvgIpc) is 3.33. The highest BCUT2D eigenvalue weighted by molar-refractivity contribution is 6.07. The molecule has 0 radical (unpaired) electrons. The van der Waals surface area contributed by atoms with Gasteiger partial charge in [-0.3, -0.25) is 4.79 Å². The number of pyridine rings is 1. The van der Waals surface area contributed by atoms with E-state index in [2.05, 4.69) is 83.9 Å². The molecular formula is C34H40N4O3.